The lowest BCUT2D eigenvalue weighted by molar-refractivity contribution is 0.185. The van der Waals surface area contributed by atoms with E-state index < -0.39 is 0 Å². The maximum atomic E-state index is 5.15. The highest BCUT2D eigenvalue weighted by Gasteiger charge is 2.19. The number of hydrogen-bond donors (Lipinski definition) is 2. The van der Waals surface area contributed by atoms with Gasteiger partial charge in [0.25, 0.3) is 0 Å². The first kappa shape index (κ1) is 19.7. The van der Waals surface area contributed by atoms with Gasteiger partial charge in [0.2, 0.25) is 0 Å². The molecule has 0 aliphatic carbocycles. The molecule has 0 atom stereocenters. The second-order valence-electron chi connectivity index (χ2n) is 6.70. The lowest BCUT2D eigenvalue weighted by Crippen LogP contribution is -2.48. The third-order valence-electron chi connectivity index (χ3n) is 4.57. The lowest BCUT2D eigenvalue weighted by atomic mass is 10.1. The van der Waals surface area contributed by atoms with Crippen LogP contribution in [0.15, 0.2) is 29.3 Å². The zero-order valence-electron chi connectivity index (χ0n) is 16.1. The predicted molar refractivity (Wildman–Crippen MR) is 105 cm³/mol. The summed E-state index contributed by atoms with van der Waals surface area (Å²) in [5.41, 5.74) is 2.41. The summed E-state index contributed by atoms with van der Waals surface area (Å²) in [5, 5.41) is 6.99. The Kier molecular flexibility index (Phi) is 8.77. The molecule has 1 heterocycles. The quantitative estimate of drug-likeness (QED) is 0.561. The Morgan fingerprint density at radius 1 is 1.16 bits per heavy atom. The van der Waals surface area contributed by atoms with Crippen LogP contribution in [0.5, 0.6) is 0 Å². The van der Waals surface area contributed by atoms with Crippen LogP contribution in [0.4, 0.5) is 0 Å². The molecule has 140 valence electrons. The van der Waals surface area contributed by atoms with Gasteiger partial charge in [-0.2, -0.15) is 0 Å². The summed E-state index contributed by atoms with van der Waals surface area (Å²) in [6.07, 6.45) is 3.62. The SMILES string of the molecule is CCCN1CCC(NC(=NCc2ccc(COC)cc2)NCC)CC1. The van der Waals surface area contributed by atoms with Crippen molar-refractivity contribution in [2.24, 2.45) is 4.99 Å². The van der Waals surface area contributed by atoms with Crippen LogP contribution in [-0.2, 0) is 17.9 Å². The number of benzene rings is 1. The number of guanidine groups is 1. The van der Waals surface area contributed by atoms with Crippen LogP contribution in [0.1, 0.15) is 44.2 Å². The number of nitrogens with zero attached hydrogens (tertiary/aromatic N) is 2. The summed E-state index contributed by atoms with van der Waals surface area (Å²) in [4.78, 5) is 7.32. The predicted octanol–water partition coefficient (Wildman–Crippen LogP) is 2.76. The van der Waals surface area contributed by atoms with Crippen molar-refractivity contribution < 1.29 is 4.74 Å². The fourth-order valence-corrected chi connectivity index (χ4v) is 3.21. The molecule has 5 heteroatoms. The first-order valence-corrected chi connectivity index (χ1v) is 9.59. The number of nitrogens with one attached hydrogen (secondary N) is 2. The van der Waals surface area contributed by atoms with E-state index in [-0.39, 0.29) is 0 Å². The minimum Gasteiger partial charge on any atom is -0.380 e. The molecule has 0 unspecified atom stereocenters. The Morgan fingerprint density at radius 2 is 1.84 bits per heavy atom. The standard InChI is InChI=1S/C20H34N4O/c1-4-12-24-13-10-19(11-14-24)23-20(21-5-2)22-15-17-6-8-18(9-7-17)16-25-3/h6-9,19H,4-5,10-16H2,1-3H3,(H2,21,22,23). The minimum absolute atomic E-state index is 0.523. The zero-order chi connectivity index (χ0) is 17.9. The van der Waals surface area contributed by atoms with Gasteiger partial charge < -0.3 is 20.3 Å². The molecule has 5 nitrogen and oxygen atoms in total. The molecule has 0 aromatic heterocycles. The maximum Gasteiger partial charge on any atom is 0.191 e. The maximum absolute atomic E-state index is 5.15. The molecular weight excluding hydrogens is 312 g/mol. The number of likely N-dealkylation sites (tertiary alicyclic amines) is 1. The Labute approximate surface area is 152 Å². The first-order valence-electron chi connectivity index (χ1n) is 9.59. The molecule has 1 saturated heterocycles. The summed E-state index contributed by atoms with van der Waals surface area (Å²) in [6, 6.07) is 9.00. The molecule has 2 N–H and O–H groups in total. The molecular formula is C20H34N4O. The molecule has 0 bridgehead atoms. The van der Waals surface area contributed by atoms with Crippen molar-refractivity contribution >= 4 is 5.96 Å². The first-order chi connectivity index (χ1) is 12.2. The topological polar surface area (TPSA) is 48.9 Å². The van der Waals surface area contributed by atoms with Crippen LogP contribution in [0.25, 0.3) is 0 Å². The summed E-state index contributed by atoms with van der Waals surface area (Å²) in [7, 11) is 1.72. The molecule has 2 rings (SSSR count). The molecule has 1 aliphatic rings. The van der Waals surface area contributed by atoms with Gasteiger partial charge in [-0.15, -0.1) is 0 Å². The highest BCUT2D eigenvalue weighted by atomic mass is 16.5. The summed E-state index contributed by atoms with van der Waals surface area (Å²) < 4.78 is 5.15. The van der Waals surface area contributed by atoms with Gasteiger partial charge in [0.15, 0.2) is 5.96 Å². The smallest absolute Gasteiger partial charge is 0.191 e. The van der Waals surface area contributed by atoms with Crippen molar-refractivity contribution in [2.45, 2.75) is 52.3 Å². The number of rotatable bonds is 8. The third-order valence-corrected chi connectivity index (χ3v) is 4.57. The van der Waals surface area contributed by atoms with Gasteiger partial charge >= 0.3 is 0 Å². The van der Waals surface area contributed by atoms with Gasteiger partial charge in [0.05, 0.1) is 13.2 Å². The average molecular weight is 347 g/mol. The largest absolute Gasteiger partial charge is 0.380 e. The van der Waals surface area contributed by atoms with E-state index in [9.17, 15) is 0 Å². The highest BCUT2D eigenvalue weighted by Crippen LogP contribution is 2.11. The van der Waals surface area contributed by atoms with Crippen molar-refractivity contribution in [1.29, 1.82) is 0 Å². The van der Waals surface area contributed by atoms with Crippen LogP contribution in [0.3, 0.4) is 0 Å². The fraction of sp³-hybridized carbons (Fsp3) is 0.650. The fourth-order valence-electron chi connectivity index (χ4n) is 3.21. The molecule has 0 radical (unpaired) electrons. The normalized spacial score (nSPS) is 16.8. The van der Waals surface area contributed by atoms with Crippen LogP contribution in [0.2, 0.25) is 0 Å². The number of piperidine rings is 1. The molecule has 0 spiro atoms. The van der Waals surface area contributed by atoms with Crippen molar-refractivity contribution in [3.63, 3.8) is 0 Å². The van der Waals surface area contributed by atoms with Crippen molar-refractivity contribution in [1.82, 2.24) is 15.5 Å². The van der Waals surface area contributed by atoms with Crippen molar-refractivity contribution in [3.8, 4) is 0 Å². The Morgan fingerprint density at radius 3 is 2.44 bits per heavy atom. The van der Waals surface area contributed by atoms with Gasteiger partial charge in [0.1, 0.15) is 0 Å². The van der Waals surface area contributed by atoms with E-state index in [2.05, 4.69) is 53.6 Å². The van der Waals surface area contributed by atoms with Crippen LogP contribution in [0, 0.1) is 0 Å². The Balaban J connectivity index is 1.85. The van der Waals surface area contributed by atoms with Crippen molar-refractivity contribution in [2.75, 3.05) is 33.3 Å². The van der Waals surface area contributed by atoms with Crippen molar-refractivity contribution in [3.05, 3.63) is 35.4 Å². The third kappa shape index (κ3) is 7.04. The van der Waals surface area contributed by atoms with Gasteiger partial charge in [-0.1, -0.05) is 31.2 Å². The second kappa shape index (κ2) is 11.1. The van der Waals surface area contributed by atoms with Gasteiger partial charge in [-0.05, 0) is 43.9 Å². The number of methoxy groups -OCH3 is 1. The Bertz CT molecular complexity index is 507. The van der Waals surface area contributed by atoms with E-state index in [1.165, 1.54) is 50.0 Å². The molecule has 1 aromatic carbocycles. The lowest BCUT2D eigenvalue weighted by Gasteiger charge is -2.32. The van der Waals surface area contributed by atoms with Crippen LogP contribution >= 0.6 is 0 Å². The highest BCUT2D eigenvalue weighted by molar-refractivity contribution is 5.80. The van der Waals surface area contributed by atoms with E-state index in [1.807, 2.05) is 0 Å². The molecule has 1 aromatic rings. The van der Waals surface area contributed by atoms with E-state index >= 15 is 0 Å². The number of aliphatic imine (C=N–C) groups is 1. The summed E-state index contributed by atoms with van der Waals surface area (Å²) in [5.74, 6) is 0.928. The summed E-state index contributed by atoms with van der Waals surface area (Å²) in [6.45, 7) is 10.2. The van der Waals surface area contributed by atoms with E-state index in [4.69, 9.17) is 9.73 Å². The molecule has 1 aliphatic heterocycles. The van der Waals surface area contributed by atoms with E-state index in [1.54, 1.807) is 7.11 Å². The van der Waals surface area contributed by atoms with Crippen LogP contribution in [-0.4, -0.2) is 50.2 Å². The van der Waals surface area contributed by atoms with E-state index in [0.29, 0.717) is 19.2 Å². The monoisotopic (exact) mass is 346 g/mol. The zero-order valence-corrected chi connectivity index (χ0v) is 16.1. The van der Waals surface area contributed by atoms with Gasteiger partial charge in [-0.3, -0.25) is 0 Å². The summed E-state index contributed by atoms with van der Waals surface area (Å²) >= 11 is 0. The minimum atomic E-state index is 0.523. The number of ether oxygens (including phenoxy) is 1. The molecule has 25 heavy (non-hydrogen) atoms. The second-order valence-corrected chi connectivity index (χ2v) is 6.70. The molecule has 1 fully saturated rings. The Hall–Kier alpha value is -1.59. The van der Waals surface area contributed by atoms with Crippen LogP contribution < -0.4 is 10.6 Å². The van der Waals surface area contributed by atoms with Gasteiger partial charge in [0, 0.05) is 32.8 Å². The average Bonchev–Trinajstić information content (AvgIpc) is 2.63. The van der Waals surface area contributed by atoms with E-state index in [0.717, 1.165) is 12.5 Å². The molecule has 0 saturated carbocycles. The van der Waals surface area contributed by atoms with Gasteiger partial charge in [-0.25, -0.2) is 4.99 Å². The number of hydrogen-bond acceptors (Lipinski definition) is 3. The molecule has 0 amide bonds.